The summed E-state index contributed by atoms with van der Waals surface area (Å²) >= 11 is 0. The van der Waals surface area contributed by atoms with E-state index in [-0.39, 0.29) is 0 Å². The normalized spacial score (nSPS) is 12.3. The predicted molar refractivity (Wildman–Crippen MR) is 194 cm³/mol. The molecule has 0 N–H and O–H groups in total. The maximum atomic E-state index is 6.80. The van der Waals surface area contributed by atoms with Crippen LogP contribution in [0.25, 0.3) is 110 Å². The first-order chi connectivity index (χ1) is 23.3. The Hall–Kier alpha value is -6.32. The molecule has 8 aromatic carbocycles. The second-order valence-corrected chi connectivity index (χ2v) is 12.3. The molecular formula is C44H24O3. The second-order valence-electron chi connectivity index (χ2n) is 12.3. The Morgan fingerprint density at radius 3 is 1.53 bits per heavy atom. The fraction of sp³-hybridized carbons (Fsp3) is 0. The Kier molecular flexibility index (Phi) is 4.84. The van der Waals surface area contributed by atoms with Crippen molar-refractivity contribution in [1.82, 2.24) is 0 Å². The van der Waals surface area contributed by atoms with Gasteiger partial charge in [-0.3, -0.25) is 0 Å². The van der Waals surface area contributed by atoms with Gasteiger partial charge in [-0.1, -0.05) is 109 Å². The molecule has 3 heterocycles. The number of rotatable bonds is 2. The van der Waals surface area contributed by atoms with Crippen molar-refractivity contribution >= 4 is 87.4 Å². The lowest BCUT2D eigenvalue weighted by Crippen LogP contribution is -1.91. The fourth-order valence-electron chi connectivity index (χ4n) is 7.91. The molecule has 47 heavy (non-hydrogen) atoms. The van der Waals surface area contributed by atoms with E-state index in [1.165, 1.54) is 32.7 Å². The molecule has 11 aromatic rings. The van der Waals surface area contributed by atoms with Gasteiger partial charge in [-0.05, 0) is 69.1 Å². The van der Waals surface area contributed by atoms with E-state index in [0.717, 1.165) is 76.9 Å². The van der Waals surface area contributed by atoms with Crippen molar-refractivity contribution in [2.75, 3.05) is 0 Å². The topological polar surface area (TPSA) is 39.4 Å². The van der Waals surface area contributed by atoms with Crippen molar-refractivity contribution in [2.24, 2.45) is 0 Å². The van der Waals surface area contributed by atoms with Gasteiger partial charge >= 0.3 is 0 Å². The van der Waals surface area contributed by atoms with Gasteiger partial charge in [0.1, 0.15) is 33.5 Å². The van der Waals surface area contributed by atoms with E-state index in [9.17, 15) is 0 Å². The molecule has 3 heteroatoms. The van der Waals surface area contributed by atoms with Gasteiger partial charge in [0.25, 0.3) is 0 Å². The van der Waals surface area contributed by atoms with Crippen LogP contribution in [0.5, 0.6) is 0 Å². The molecule has 0 aliphatic heterocycles. The van der Waals surface area contributed by atoms with Gasteiger partial charge in [-0.2, -0.15) is 0 Å². The Morgan fingerprint density at radius 2 is 0.809 bits per heavy atom. The minimum atomic E-state index is 0.857. The Labute approximate surface area is 267 Å². The van der Waals surface area contributed by atoms with Gasteiger partial charge in [0.05, 0.1) is 0 Å². The summed E-state index contributed by atoms with van der Waals surface area (Å²) < 4.78 is 19.4. The fourth-order valence-corrected chi connectivity index (χ4v) is 7.91. The molecule has 218 valence electrons. The van der Waals surface area contributed by atoms with Crippen molar-refractivity contribution in [3.05, 3.63) is 146 Å². The first kappa shape index (κ1) is 24.9. The predicted octanol–water partition coefficient (Wildman–Crippen LogP) is 13.0. The standard InChI is InChI=1S/C44H24O3/c1-3-13-30-28(11-1)40(25-20-21-27-26-10-5-7-18-35(26)46-39(27)24-25)29-12-2-4-14-31(29)41(30)33-16-9-17-34-43-38(47-44(33)34)23-22-37-42(43)32-15-6-8-19-36(32)45-37/h1-24H. The van der Waals surface area contributed by atoms with Crippen LogP contribution in [0.3, 0.4) is 0 Å². The molecule has 3 nitrogen and oxygen atoms in total. The molecular weight excluding hydrogens is 576 g/mol. The summed E-state index contributed by atoms with van der Waals surface area (Å²) in [5.41, 5.74) is 9.87. The lowest BCUT2D eigenvalue weighted by atomic mass is 9.85. The van der Waals surface area contributed by atoms with Crippen molar-refractivity contribution in [3.8, 4) is 22.3 Å². The largest absolute Gasteiger partial charge is 0.456 e. The molecule has 0 amide bonds. The van der Waals surface area contributed by atoms with E-state index in [2.05, 4.69) is 109 Å². The molecule has 0 atom stereocenters. The average molecular weight is 601 g/mol. The van der Waals surface area contributed by atoms with Crippen LogP contribution in [-0.2, 0) is 0 Å². The summed E-state index contributed by atoms with van der Waals surface area (Å²) in [5.74, 6) is 0. The van der Waals surface area contributed by atoms with Crippen LogP contribution in [0.2, 0.25) is 0 Å². The summed E-state index contributed by atoms with van der Waals surface area (Å²) in [6, 6.07) is 51.2. The van der Waals surface area contributed by atoms with Crippen LogP contribution < -0.4 is 0 Å². The Morgan fingerprint density at radius 1 is 0.298 bits per heavy atom. The van der Waals surface area contributed by atoms with E-state index >= 15 is 0 Å². The zero-order chi connectivity index (χ0) is 30.6. The van der Waals surface area contributed by atoms with Gasteiger partial charge in [0.2, 0.25) is 0 Å². The van der Waals surface area contributed by atoms with Gasteiger partial charge in [-0.25, -0.2) is 0 Å². The Bertz CT molecular complexity index is 3020. The SMILES string of the molecule is c1ccc2c(c1)oc1cc(-c3c4ccccc4c(-c4cccc5c4oc4ccc6oc7ccccc7c6c45)c4ccccc34)ccc12. The van der Waals surface area contributed by atoms with Crippen LogP contribution >= 0.6 is 0 Å². The third kappa shape index (κ3) is 3.35. The molecule has 0 unspecified atom stereocenters. The number of hydrogen-bond acceptors (Lipinski definition) is 3. The molecule has 0 saturated heterocycles. The highest BCUT2D eigenvalue weighted by atomic mass is 16.3. The van der Waals surface area contributed by atoms with E-state index in [0.29, 0.717) is 0 Å². The maximum Gasteiger partial charge on any atom is 0.143 e. The molecule has 0 spiro atoms. The molecule has 0 aliphatic rings. The molecule has 0 aliphatic carbocycles. The summed E-state index contributed by atoms with van der Waals surface area (Å²) in [7, 11) is 0. The Balaban J connectivity index is 1.24. The summed E-state index contributed by atoms with van der Waals surface area (Å²) in [5, 5.41) is 11.4. The average Bonchev–Trinajstić information content (AvgIpc) is 3.81. The van der Waals surface area contributed by atoms with Gasteiger partial charge in [0.15, 0.2) is 0 Å². The third-order valence-electron chi connectivity index (χ3n) is 9.87. The zero-order valence-electron chi connectivity index (χ0n) is 25.1. The smallest absolute Gasteiger partial charge is 0.143 e. The highest BCUT2D eigenvalue weighted by molar-refractivity contribution is 6.29. The van der Waals surface area contributed by atoms with Crippen LogP contribution in [-0.4, -0.2) is 0 Å². The van der Waals surface area contributed by atoms with E-state index in [1.54, 1.807) is 0 Å². The van der Waals surface area contributed by atoms with Gasteiger partial charge in [0, 0.05) is 43.4 Å². The third-order valence-corrected chi connectivity index (χ3v) is 9.87. The van der Waals surface area contributed by atoms with Crippen molar-refractivity contribution < 1.29 is 13.3 Å². The monoisotopic (exact) mass is 600 g/mol. The minimum Gasteiger partial charge on any atom is -0.456 e. The number of benzene rings is 8. The second kappa shape index (κ2) is 9.12. The van der Waals surface area contributed by atoms with E-state index < -0.39 is 0 Å². The van der Waals surface area contributed by atoms with Gasteiger partial charge in [-0.15, -0.1) is 0 Å². The quantitative estimate of drug-likeness (QED) is 0.185. The lowest BCUT2D eigenvalue weighted by molar-refractivity contribution is 0.663. The van der Waals surface area contributed by atoms with Crippen LogP contribution in [0.4, 0.5) is 0 Å². The van der Waals surface area contributed by atoms with Crippen molar-refractivity contribution in [1.29, 1.82) is 0 Å². The molecule has 11 rings (SSSR count). The first-order valence-electron chi connectivity index (χ1n) is 15.9. The molecule has 0 radical (unpaired) electrons. The summed E-state index contributed by atoms with van der Waals surface area (Å²) in [6.07, 6.45) is 0. The zero-order valence-corrected chi connectivity index (χ0v) is 25.1. The number of furan rings is 3. The first-order valence-corrected chi connectivity index (χ1v) is 15.9. The number of hydrogen-bond donors (Lipinski definition) is 0. The molecule has 0 fully saturated rings. The molecule has 0 saturated carbocycles. The van der Waals surface area contributed by atoms with Crippen LogP contribution in [0, 0.1) is 0 Å². The highest BCUT2D eigenvalue weighted by Gasteiger charge is 2.22. The lowest BCUT2D eigenvalue weighted by Gasteiger charge is -2.17. The number of para-hydroxylation sites is 3. The molecule has 3 aromatic heterocycles. The van der Waals surface area contributed by atoms with Crippen LogP contribution in [0.15, 0.2) is 159 Å². The van der Waals surface area contributed by atoms with E-state index in [1.807, 2.05) is 36.4 Å². The summed E-state index contributed by atoms with van der Waals surface area (Å²) in [6.45, 7) is 0. The number of fused-ring (bicyclic) bond motifs is 12. The minimum absolute atomic E-state index is 0.857. The van der Waals surface area contributed by atoms with Crippen molar-refractivity contribution in [2.45, 2.75) is 0 Å². The molecule has 0 bridgehead atoms. The van der Waals surface area contributed by atoms with Crippen molar-refractivity contribution in [3.63, 3.8) is 0 Å². The van der Waals surface area contributed by atoms with Crippen LogP contribution in [0.1, 0.15) is 0 Å². The van der Waals surface area contributed by atoms with E-state index in [4.69, 9.17) is 13.3 Å². The summed E-state index contributed by atoms with van der Waals surface area (Å²) in [4.78, 5) is 0. The van der Waals surface area contributed by atoms with Gasteiger partial charge < -0.3 is 13.3 Å². The maximum absolute atomic E-state index is 6.80. The highest BCUT2D eigenvalue weighted by Crippen LogP contribution is 2.48.